The topological polar surface area (TPSA) is 39.2 Å². The van der Waals surface area contributed by atoms with E-state index in [4.69, 9.17) is 0 Å². The van der Waals surface area contributed by atoms with Crippen LogP contribution < -0.4 is 0 Å². The van der Waals surface area contributed by atoms with Gasteiger partial charge in [0.25, 0.3) is 0 Å². The lowest BCUT2D eigenvalue weighted by Crippen LogP contribution is -2.09. The summed E-state index contributed by atoms with van der Waals surface area (Å²) in [4.78, 5) is 15.2. The van der Waals surface area contributed by atoms with Crippen molar-refractivity contribution in [2.45, 2.75) is 19.8 Å². The van der Waals surface area contributed by atoms with Crippen LogP contribution in [0.2, 0.25) is 0 Å². The van der Waals surface area contributed by atoms with Gasteiger partial charge in [-0.1, -0.05) is 6.92 Å². The van der Waals surface area contributed by atoms with Crippen LogP contribution in [0.4, 0.5) is 0 Å². The molecule has 3 nitrogen and oxygen atoms in total. The zero-order chi connectivity index (χ0) is 10.6. The molecule has 0 fully saturated rings. The lowest BCUT2D eigenvalue weighted by molar-refractivity contribution is -0.141. The number of aromatic nitrogens is 1. The highest BCUT2D eigenvalue weighted by Crippen LogP contribution is 2.19. The third-order valence-corrected chi connectivity index (χ3v) is 3.24. The summed E-state index contributed by atoms with van der Waals surface area (Å²) in [6.45, 7) is 2.02. The van der Waals surface area contributed by atoms with Crippen LogP contribution in [0.25, 0.3) is 0 Å². The van der Waals surface area contributed by atoms with Gasteiger partial charge in [-0.05, 0) is 28.3 Å². The molecule has 1 rings (SSSR count). The van der Waals surface area contributed by atoms with Crippen molar-refractivity contribution in [1.29, 1.82) is 0 Å². The van der Waals surface area contributed by atoms with Crippen molar-refractivity contribution in [1.82, 2.24) is 4.98 Å². The maximum absolute atomic E-state index is 11.0. The first-order valence-corrected chi connectivity index (χ1v) is 5.95. The van der Waals surface area contributed by atoms with Crippen LogP contribution in [0.5, 0.6) is 0 Å². The Morgan fingerprint density at radius 2 is 2.50 bits per heavy atom. The van der Waals surface area contributed by atoms with Gasteiger partial charge in [-0.15, -0.1) is 11.3 Å². The fourth-order valence-corrected chi connectivity index (χ4v) is 2.23. The number of carbonyl (C=O) groups is 1. The number of nitrogens with zero attached hydrogens (tertiary/aromatic N) is 1. The van der Waals surface area contributed by atoms with E-state index < -0.39 is 0 Å². The van der Waals surface area contributed by atoms with Crippen molar-refractivity contribution in [3.63, 3.8) is 0 Å². The molecule has 1 atom stereocenters. The average molecular weight is 278 g/mol. The Bertz CT molecular complexity index is 314. The number of carbonyl (C=O) groups excluding carboxylic acids is 1. The lowest BCUT2D eigenvalue weighted by Gasteiger charge is -2.07. The smallest absolute Gasteiger partial charge is 0.305 e. The third kappa shape index (κ3) is 3.75. The van der Waals surface area contributed by atoms with Crippen LogP contribution in [-0.4, -0.2) is 18.1 Å². The summed E-state index contributed by atoms with van der Waals surface area (Å²) >= 11 is 4.86. The van der Waals surface area contributed by atoms with Crippen molar-refractivity contribution in [3.8, 4) is 0 Å². The van der Waals surface area contributed by atoms with Gasteiger partial charge >= 0.3 is 5.97 Å². The van der Waals surface area contributed by atoms with Crippen LogP contribution in [0, 0.1) is 5.92 Å². The van der Waals surface area contributed by atoms with Crippen LogP contribution in [0.1, 0.15) is 19.0 Å². The first-order chi connectivity index (χ1) is 6.61. The lowest BCUT2D eigenvalue weighted by atomic mass is 10.0. The second-order valence-corrected chi connectivity index (χ2v) is 5.32. The molecule has 5 heteroatoms. The molecule has 14 heavy (non-hydrogen) atoms. The SMILES string of the molecule is COC(=O)CC(C)Cc1csc(Br)n1. The van der Waals surface area contributed by atoms with Gasteiger partial charge in [-0.3, -0.25) is 4.79 Å². The minimum Gasteiger partial charge on any atom is -0.469 e. The van der Waals surface area contributed by atoms with E-state index in [1.165, 1.54) is 7.11 Å². The number of methoxy groups -OCH3 is 1. The number of hydrogen-bond donors (Lipinski definition) is 0. The molecule has 78 valence electrons. The van der Waals surface area contributed by atoms with Crippen molar-refractivity contribution in [3.05, 3.63) is 15.0 Å². The van der Waals surface area contributed by atoms with Crippen LogP contribution >= 0.6 is 27.3 Å². The summed E-state index contributed by atoms with van der Waals surface area (Å²) in [5.41, 5.74) is 1.03. The van der Waals surface area contributed by atoms with Crippen molar-refractivity contribution >= 4 is 33.2 Å². The normalized spacial score (nSPS) is 12.5. The Kier molecular flexibility index (Phi) is 4.54. The standard InChI is InChI=1S/C9H12BrNO2S/c1-6(4-8(12)13-2)3-7-5-14-9(10)11-7/h5-6H,3-4H2,1-2H3. The molecule has 0 amide bonds. The van der Waals surface area contributed by atoms with E-state index in [2.05, 4.69) is 25.7 Å². The number of hydrogen-bond acceptors (Lipinski definition) is 4. The van der Waals surface area contributed by atoms with Gasteiger partial charge in [0.2, 0.25) is 0 Å². The predicted molar refractivity (Wildman–Crippen MR) is 59.3 cm³/mol. The third-order valence-electron chi connectivity index (χ3n) is 1.82. The summed E-state index contributed by atoms with van der Waals surface area (Å²) in [5.74, 6) is 0.114. The first-order valence-electron chi connectivity index (χ1n) is 4.28. The quantitative estimate of drug-likeness (QED) is 0.795. The number of rotatable bonds is 4. The molecule has 0 saturated heterocycles. The molecule has 1 heterocycles. The number of halogens is 1. The summed E-state index contributed by atoms with van der Waals surface area (Å²) in [7, 11) is 1.41. The van der Waals surface area contributed by atoms with E-state index >= 15 is 0 Å². The van der Waals surface area contributed by atoms with Gasteiger partial charge in [0, 0.05) is 11.8 Å². The van der Waals surface area contributed by atoms with Gasteiger partial charge in [-0.25, -0.2) is 4.98 Å². The molecule has 0 N–H and O–H groups in total. The predicted octanol–water partition coefficient (Wildman–Crippen LogP) is 2.65. The summed E-state index contributed by atoms with van der Waals surface area (Å²) in [5, 5.41) is 2.00. The highest BCUT2D eigenvalue weighted by atomic mass is 79.9. The van der Waals surface area contributed by atoms with E-state index in [1.54, 1.807) is 11.3 Å². The summed E-state index contributed by atoms with van der Waals surface area (Å²) < 4.78 is 5.48. The summed E-state index contributed by atoms with van der Waals surface area (Å²) in [6.07, 6.45) is 1.27. The number of ether oxygens (including phenoxy) is 1. The number of esters is 1. The Labute approximate surface area is 95.6 Å². The van der Waals surface area contributed by atoms with Gasteiger partial charge in [0.15, 0.2) is 3.92 Å². The van der Waals surface area contributed by atoms with Crippen molar-refractivity contribution in [2.24, 2.45) is 5.92 Å². The van der Waals surface area contributed by atoms with Gasteiger partial charge in [0.05, 0.1) is 12.8 Å². The highest BCUT2D eigenvalue weighted by Gasteiger charge is 2.11. The molecule has 0 spiro atoms. The van der Waals surface area contributed by atoms with E-state index in [0.29, 0.717) is 6.42 Å². The summed E-state index contributed by atoms with van der Waals surface area (Å²) in [6, 6.07) is 0. The second-order valence-electron chi connectivity index (χ2n) is 3.18. The molecule has 0 aliphatic heterocycles. The van der Waals surface area contributed by atoms with Gasteiger partial charge in [0.1, 0.15) is 0 Å². The molecule has 0 aromatic carbocycles. The van der Waals surface area contributed by atoms with Gasteiger partial charge in [-0.2, -0.15) is 0 Å². The molecule has 0 bridgehead atoms. The van der Waals surface area contributed by atoms with E-state index in [9.17, 15) is 4.79 Å². The Hall–Kier alpha value is -0.420. The minimum absolute atomic E-state index is 0.160. The molecule has 1 unspecified atom stereocenters. The van der Waals surface area contributed by atoms with Crippen LogP contribution in [0.3, 0.4) is 0 Å². The van der Waals surface area contributed by atoms with E-state index in [1.807, 2.05) is 12.3 Å². The zero-order valence-electron chi connectivity index (χ0n) is 8.12. The van der Waals surface area contributed by atoms with Crippen LogP contribution in [0.15, 0.2) is 9.30 Å². The molecular weight excluding hydrogens is 266 g/mol. The highest BCUT2D eigenvalue weighted by molar-refractivity contribution is 9.11. The van der Waals surface area contributed by atoms with Crippen molar-refractivity contribution in [2.75, 3.05) is 7.11 Å². The monoisotopic (exact) mass is 277 g/mol. The van der Waals surface area contributed by atoms with E-state index in [0.717, 1.165) is 16.0 Å². The Morgan fingerprint density at radius 1 is 1.79 bits per heavy atom. The minimum atomic E-state index is -0.160. The molecular formula is C9H12BrNO2S. The first kappa shape index (κ1) is 11.7. The maximum atomic E-state index is 11.0. The van der Waals surface area contributed by atoms with Gasteiger partial charge < -0.3 is 4.74 Å². The fraction of sp³-hybridized carbons (Fsp3) is 0.556. The molecule has 1 aromatic rings. The van der Waals surface area contributed by atoms with Crippen LogP contribution in [-0.2, 0) is 16.0 Å². The zero-order valence-corrected chi connectivity index (χ0v) is 10.5. The molecule has 0 aliphatic carbocycles. The molecule has 0 radical (unpaired) electrons. The molecule has 0 saturated carbocycles. The Balaban J connectivity index is 2.41. The average Bonchev–Trinajstić information content (AvgIpc) is 2.50. The largest absolute Gasteiger partial charge is 0.469 e. The Morgan fingerprint density at radius 3 is 3.00 bits per heavy atom. The molecule has 0 aliphatic rings. The van der Waals surface area contributed by atoms with E-state index in [-0.39, 0.29) is 11.9 Å². The maximum Gasteiger partial charge on any atom is 0.305 e. The molecule has 1 aromatic heterocycles. The fourth-order valence-electron chi connectivity index (χ4n) is 1.17. The second kappa shape index (κ2) is 5.46. The number of thiazole rings is 1. The van der Waals surface area contributed by atoms with Crippen molar-refractivity contribution < 1.29 is 9.53 Å².